The number of aromatic nitrogens is 4. The van der Waals surface area contributed by atoms with Crippen molar-refractivity contribution in [2.45, 2.75) is 34.1 Å². The minimum Gasteiger partial charge on any atom is -0.466 e. The summed E-state index contributed by atoms with van der Waals surface area (Å²) in [7, 11) is 0. The van der Waals surface area contributed by atoms with Crippen LogP contribution in [0.2, 0.25) is 0 Å². The topological polar surface area (TPSA) is 102 Å². The molecule has 3 heterocycles. The maximum atomic E-state index is 11.8. The quantitative estimate of drug-likeness (QED) is 0.410. The van der Waals surface area contributed by atoms with E-state index < -0.39 is 11.9 Å². The molecule has 1 N–H and O–H groups in total. The number of hydrogen-bond donors (Lipinski definition) is 1. The molecular formula is C19H20N6O3. The van der Waals surface area contributed by atoms with E-state index in [4.69, 9.17) is 9.72 Å². The summed E-state index contributed by atoms with van der Waals surface area (Å²) in [6, 6.07) is 5.87. The number of hydrazine groups is 1. The number of esters is 1. The lowest BCUT2D eigenvalue weighted by Crippen LogP contribution is -2.36. The third kappa shape index (κ3) is 3.15. The average Bonchev–Trinajstić information content (AvgIpc) is 3.06. The number of nitrogens with zero attached hydrogens (tertiary/aromatic N) is 5. The summed E-state index contributed by atoms with van der Waals surface area (Å²) < 4.78 is 4.76. The third-order valence-corrected chi connectivity index (χ3v) is 4.58. The molecule has 0 bridgehead atoms. The molecule has 0 saturated heterocycles. The Morgan fingerprint density at radius 3 is 2.36 bits per heavy atom. The highest BCUT2D eigenvalue weighted by Crippen LogP contribution is 2.33. The second-order valence-corrected chi connectivity index (χ2v) is 6.69. The fourth-order valence-corrected chi connectivity index (χ4v) is 2.98. The molecule has 28 heavy (non-hydrogen) atoms. The zero-order chi connectivity index (χ0) is 20.0. The molecule has 9 nitrogen and oxygen atoms in total. The number of ether oxygens (including phenoxy) is 1. The summed E-state index contributed by atoms with van der Waals surface area (Å²) in [5, 5.41) is 5.90. The van der Waals surface area contributed by atoms with Crippen LogP contribution in [-0.4, -0.2) is 38.3 Å². The minimum absolute atomic E-state index is 0.242. The number of fused-ring (bicyclic) bond motifs is 2. The number of nitrogens with one attached hydrogen (secondary N) is 1. The Labute approximate surface area is 161 Å². The molecule has 0 fully saturated rings. The Balaban J connectivity index is 1.51. The summed E-state index contributed by atoms with van der Waals surface area (Å²) in [4.78, 5) is 34.1. The smallest absolute Gasteiger partial charge is 0.315 e. The van der Waals surface area contributed by atoms with Gasteiger partial charge in [-0.2, -0.15) is 0 Å². The van der Waals surface area contributed by atoms with E-state index in [1.807, 2.05) is 32.0 Å². The number of rotatable bonds is 5. The van der Waals surface area contributed by atoms with Crippen LogP contribution in [0.3, 0.4) is 0 Å². The molecule has 1 aliphatic rings. The zero-order valence-corrected chi connectivity index (χ0v) is 16.1. The van der Waals surface area contributed by atoms with Crippen molar-refractivity contribution in [2.24, 2.45) is 0 Å². The van der Waals surface area contributed by atoms with Crippen molar-refractivity contribution in [3.8, 4) is 11.4 Å². The van der Waals surface area contributed by atoms with Crippen LogP contribution in [0, 0.1) is 20.8 Å². The lowest BCUT2D eigenvalue weighted by Gasteiger charge is -2.08. The van der Waals surface area contributed by atoms with E-state index in [2.05, 4.69) is 22.4 Å². The largest absolute Gasteiger partial charge is 0.466 e. The lowest BCUT2D eigenvalue weighted by molar-refractivity contribution is -0.145. The number of carbonyl (C=O) groups excluding carboxylic acids is 2. The summed E-state index contributed by atoms with van der Waals surface area (Å²) in [5.41, 5.74) is 8.76. The molecule has 1 aromatic carbocycles. The van der Waals surface area contributed by atoms with Crippen molar-refractivity contribution in [1.29, 1.82) is 0 Å². The maximum absolute atomic E-state index is 11.8. The van der Waals surface area contributed by atoms with E-state index in [9.17, 15) is 9.59 Å². The van der Waals surface area contributed by atoms with Crippen LogP contribution in [0.15, 0.2) is 18.2 Å². The van der Waals surface area contributed by atoms with Crippen LogP contribution in [0.5, 0.6) is 0 Å². The van der Waals surface area contributed by atoms with Crippen molar-refractivity contribution < 1.29 is 14.3 Å². The van der Waals surface area contributed by atoms with E-state index in [1.54, 1.807) is 6.92 Å². The van der Waals surface area contributed by atoms with Crippen LogP contribution in [0.25, 0.3) is 22.4 Å². The first kappa shape index (κ1) is 17.9. The molecule has 9 heteroatoms. The average molecular weight is 380 g/mol. The van der Waals surface area contributed by atoms with E-state index in [-0.39, 0.29) is 13.0 Å². The Bertz CT molecular complexity index is 1100. The first-order valence-corrected chi connectivity index (χ1v) is 8.99. The van der Waals surface area contributed by atoms with E-state index >= 15 is 0 Å². The summed E-state index contributed by atoms with van der Waals surface area (Å²) in [6.45, 7) is 7.93. The van der Waals surface area contributed by atoms with Gasteiger partial charge in [0, 0.05) is 6.07 Å². The first-order valence-electron chi connectivity index (χ1n) is 8.99. The number of amides is 1. The lowest BCUT2D eigenvalue weighted by atomic mass is 10.1. The maximum Gasteiger partial charge on any atom is 0.315 e. The van der Waals surface area contributed by atoms with E-state index in [0.717, 1.165) is 22.3 Å². The van der Waals surface area contributed by atoms with Gasteiger partial charge in [-0.3, -0.25) is 9.59 Å². The van der Waals surface area contributed by atoms with Gasteiger partial charge in [0.2, 0.25) is 0 Å². The summed E-state index contributed by atoms with van der Waals surface area (Å²) in [6.07, 6.45) is -0.337. The molecule has 2 aromatic heterocycles. The molecule has 0 spiro atoms. The number of anilines is 1. The standard InChI is InChI=1S/C19H20N6O3/c1-5-28-18(27)9-16(26)23-25-17-8-15(22-24(17)25)19-12(4)20-13-6-10(2)11(3)7-14(13)21-19/h6-8H,5,9H2,1-4H3,(H,23,26). The molecule has 1 aliphatic heterocycles. The Kier molecular flexibility index (Phi) is 4.21. The zero-order valence-electron chi connectivity index (χ0n) is 16.1. The SMILES string of the molecule is CCOC(=O)CC(=O)NN1c2cc(-c3nc4cc(C)c(C)cc4nc3C)nn21. The Hall–Kier alpha value is -3.49. The third-order valence-electron chi connectivity index (χ3n) is 4.58. The van der Waals surface area contributed by atoms with Crippen molar-refractivity contribution >= 4 is 28.7 Å². The number of aryl methyl sites for hydroxylation is 3. The normalized spacial score (nSPS) is 12.1. The summed E-state index contributed by atoms with van der Waals surface area (Å²) in [5.74, 6) is -0.320. The first-order chi connectivity index (χ1) is 13.4. The van der Waals surface area contributed by atoms with Gasteiger partial charge in [0.25, 0.3) is 5.91 Å². The van der Waals surface area contributed by atoms with Gasteiger partial charge in [-0.05, 0) is 51.0 Å². The van der Waals surface area contributed by atoms with Gasteiger partial charge in [0.15, 0.2) is 5.82 Å². The highest BCUT2D eigenvalue weighted by atomic mass is 16.5. The number of hydrogen-bond acceptors (Lipinski definition) is 7. The molecule has 0 radical (unpaired) electrons. The number of carbonyl (C=O) groups is 2. The summed E-state index contributed by atoms with van der Waals surface area (Å²) >= 11 is 0. The minimum atomic E-state index is -0.562. The molecule has 0 saturated carbocycles. The molecule has 4 rings (SSSR count). The van der Waals surface area contributed by atoms with Crippen LogP contribution in [0.4, 0.5) is 5.82 Å². The molecule has 0 unspecified atom stereocenters. The van der Waals surface area contributed by atoms with Crippen molar-refractivity contribution in [2.75, 3.05) is 11.7 Å². The Morgan fingerprint density at radius 2 is 1.75 bits per heavy atom. The van der Waals surface area contributed by atoms with Gasteiger partial charge in [-0.1, -0.05) is 0 Å². The van der Waals surface area contributed by atoms with E-state index in [1.165, 1.54) is 15.5 Å². The predicted octanol–water partition coefficient (Wildman–Crippen LogP) is 1.99. The van der Waals surface area contributed by atoms with Gasteiger partial charge < -0.3 is 4.74 Å². The van der Waals surface area contributed by atoms with Gasteiger partial charge >= 0.3 is 5.97 Å². The van der Waals surface area contributed by atoms with Gasteiger partial charge in [-0.15, -0.1) is 15.0 Å². The molecule has 0 aliphatic carbocycles. The molecular weight excluding hydrogens is 360 g/mol. The van der Waals surface area contributed by atoms with Crippen molar-refractivity contribution in [3.63, 3.8) is 0 Å². The van der Waals surface area contributed by atoms with Gasteiger partial charge in [0.1, 0.15) is 17.8 Å². The van der Waals surface area contributed by atoms with Crippen LogP contribution >= 0.6 is 0 Å². The molecule has 1 amide bonds. The van der Waals surface area contributed by atoms with Crippen molar-refractivity contribution in [1.82, 2.24) is 25.3 Å². The fourth-order valence-electron chi connectivity index (χ4n) is 2.98. The monoisotopic (exact) mass is 380 g/mol. The highest BCUT2D eigenvalue weighted by Gasteiger charge is 2.35. The van der Waals surface area contributed by atoms with Crippen LogP contribution in [-0.2, 0) is 14.3 Å². The second kappa shape index (κ2) is 6.59. The molecule has 144 valence electrons. The molecule has 3 aromatic rings. The Morgan fingerprint density at radius 1 is 1.07 bits per heavy atom. The van der Waals surface area contributed by atoms with Gasteiger partial charge in [0.05, 0.1) is 23.3 Å². The van der Waals surface area contributed by atoms with Crippen LogP contribution < -0.4 is 10.5 Å². The second-order valence-electron chi connectivity index (χ2n) is 6.69. The fraction of sp³-hybridized carbons (Fsp3) is 0.316. The van der Waals surface area contributed by atoms with Crippen LogP contribution in [0.1, 0.15) is 30.2 Å². The molecule has 0 atom stereocenters. The predicted molar refractivity (Wildman–Crippen MR) is 102 cm³/mol. The van der Waals surface area contributed by atoms with E-state index in [0.29, 0.717) is 17.2 Å². The highest BCUT2D eigenvalue weighted by molar-refractivity contribution is 5.95. The van der Waals surface area contributed by atoms with Crippen molar-refractivity contribution in [3.05, 3.63) is 35.0 Å². The number of benzene rings is 1. The van der Waals surface area contributed by atoms with Gasteiger partial charge in [-0.25, -0.2) is 15.4 Å².